The van der Waals surface area contributed by atoms with Crippen molar-refractivity contribution in [2.45, 2.75) is 57.1 Å². The summed E-state index contributed by atoms with van der Waals surface area (Å²) in [6.07, 6.45) is 3.94. The van der Waals surface area contributed by atoms with Crippen molar-refractivity contribution in [3.8, 4) is 11.5 Å². The van der Waals surface area contributed by atoms with Crippen molar-refractivity contribution in [3.63, 3.8) is 0 Å². The predicted molar refractivity (Wildman–Crippen MR) is 146 cm³/mol. The zero-order chi connectivity index (χ0) is 27.7. The van der Waals surface area contributed by atoms with Crippen LogP contribution in [-0.2, 0) is 10.7 Å². The quantitative estimate of drug-likeness (QED) is 0.410. The predicted octanol–water partition coefficient (Wildman–Crippen LogP) is 6.09. The van der Waals surface area contributed by atoms with Gasteiger partial charge in [0.25, 0.3) is 5.92 Å². The molecule has 4 aliphatic heterocycles. The molecule has 1 unspecified atom stereocenters. The van der Waals surface area contributed by atoms with Gasteiger partial charge in [0.15, 0.2) is 0 Å². The number of rotatable bonds is 2. The Morgan fingerprint density at radius 3 is 2.80 bits per heavy atom. The fourth-order valence-electron chi connectivity index (χ4n) is 5.83. The number of aromatic nitrogens is 2. The number of hydrogen-bond acceptors (Lipinski definition) is 7. The summed E-state index contributed by atoms with van der Waals surface area (Å²) in [5.41, 5.74) is 0.197. The van der Waals surface area contributed by atoms with Gasteiger partial charge in [-0.1, -0.05) is 18.2 Å². The Labute approximate surface area is 232 Å². The highest BCUT2D eigenvalue weighted by Gasteiger charge is 2.38. The molecule has 3 aromatic rings. The molecule has 40 heavy (non-hydrogen) atoms. The van der Waals surface area contributed by atoms with Crippen LogP contribution in [0.2, 0.25) is 0 Å². The zero-order valence-electron chi connectivity index (χ0n) is 22.7. The largest absolute Gasteiger partial charge is 0.491 e. The first-order valence-electron chi connectivity index (χ1n) is 14.2. The van der Waals surface area contributed by atoms with E-state index >= 15 is 13.2 Å². The van der Waals surface area contributed by atoms with Gasteiger partial charge in [-0.25, -0.2) is 23.1 Å². The molecule has 0 saturated carbocycles. The van der Waals surface area contributed by atoms with Gasteiger partial charge in [0.2, 0.25) is 0 Å². The third-order valence-corrected chi connectivity index (χ3v) is 8.14. The number of fused-ring (bicyclic) bond motifs is 7. The van der Waals surface area contributed by atoms with E-state index in [1.54, 1.807) is 6.92 Å². The lowest BCUT2D eigenvalue weighted by Crippen LogP contribution is -2.47. The van der Waals surface area contributed by atoms with Gasteiger partial charge in [-0.3, -0.25) is 0 Å². The minimum atomic E-state index is -3.24. The molecule has 7 nitrogen and oxygen atoms in total. The van der Waals surface area contributed by atoms with Crippen LogP contribution < -0.4 is 14.8 Å². The Morgan fingerprint density at radius 2 is 1.98 bits per heavy atom. The number of ether oxygens (including phenoxy) is 3. The van der Waals surface area contributed by atoms with E-state index in [1.807, 2.05) is 12.1 Å². The number of alkyl halides is 2. The normalized spacial score (nSPS) is 26.9. The maximum Gasteiger partial charge on any atom is 0.276 e. The summed E-state index contributed by atoms with van der Waals surface area (Å²) in [5, 5.41) is 3.88. The maximum atomic E-state index is 15.6. The second-order valence-electron chi connectivity index (χ2n) is 11.1. The number of halogens is 3. The molecule has 2 atom stereocenters. The first kappa shape index (κ1) is 27.1. The summed E-state index contributed by atoms with van der Waals surface area (Å²) in [6, 6.07) is 7.27. The van der Waals surface area contributed by atoms with Gasteiger partial charge in [0, 0.05) is 37.6 Å². The summed E-state index contributed by atoms with van der Waals surface area (Å²) >= 11 is 0. The van der Waals surface area contributed by atoms with Gasteiger partial charge in [-0.15, -0.1) is 0 Å². The van der Waals surface area contributed by atoms with Crippen LogP contribution in [0.4, 0.5) is 19.0 Å². The number of hydrogen-bond donors (Lipinski definition) is 1. The molecule has 2 fully saturated rings. The molecule has 0 radical (unpaired) electrons. The summed E-state index contributed by atoms with van der Waals surface area (Å²) in [4.78, 5) is 11.2. The van der Waals surface area contributed by atoms with Gasteiger partial charge in [-0.2, -0.15) is 0 Å². The monoisotopic (exact) mass is 556 g/mol. The molecular formula is C30H35F3N4O3. The van der Waals surface area contributed by atoms with E-state index < -0.39 is 23.3 Å². The van der Waals surface area contributed by atoms with Crippen LogP contribution in [0.15, 0.2) is 36.7 Å². The third-order valence-electron chi connectivity index (χ3n) is 8.14. The molecule has 4 aliphatic rings. The molecule has 2 aromatic carbocycles. The fourth-order valence-corrected chi connectivity index (χ4v) is 5.83. The molecule has 0 spiro atoms. The summed E-state index contributed by atoms with van der Waals surface area (Å²) in [7, 11) is 0. The Balaban J connectivity index is 1.36. The summed E-state index contributed by atoms with van der Waals surface area (Å²) < 4.78 is 64.0. The lowest BCUT2D eigenvalue weighted by molar-refractivity contribution is -0.0321. The lowest BCUT2D eigenvalue weighted by atomic mass is 9.90. The van der Waals surface area contributed by atoms with Gasteiger partial charge >= 0.3 is 0 Å². The molecule has 7 rings (SSSR count). The smallest absolute Gasteiger partial charge is 0.276 e. The van der Waals surface area contributed by atoms with E-state index in [0.29, 0.717) is 54.5 Å². The zero-order valence-corrected chi connectivity index (χ0v) is 22.7. The topological polar surface area (TPSA) is 68.7 Å². The Morgan fingerprint density at radius 1 is 1.10 bits per heavy atom. The van der Waals surface area contributed by atoms with Gasteiger partial charge in [0.1, 0.15) is 41.1 Å². The molecule has 0 amide bonds. The Bertz CT molecular complexity index is 1350. The van der Waals surface area contributed by atoms with E-state index in [1.165, 1.54) is 24.5 Å². The number of anilines is 1. The highest BCUT2D eigenvalue weighted by Crippen LogP contribution is 2.40. The van der Waals surface area contributed by atoms with Crippen molar-refractivity contribution in [1.82, 2.24) is 14.9 Å². The van der Waals surface area contributed by atoms with Crippen molar-refractivity contribution in [2.24, 2.45) is 5.92 Å². The third kappa shape index (κ3) is 5.69. The van der Waals surface area contributed by atoms with Crippen molar-refractivity contribution < 1.29 is 27.4 Å². The van der Waals surface area contributed by atoms with Crippen LogP contribution in [0, 0.1) is 11.7 Å². The van der Waals surface area contributed by atoms with Crippen molar-refractivity contribution in [2.75, 3.05) is 44.8 Å². The average molecular weight is 557 g/mol. The highest BCUT2D eigenvalue weighted by atomic mass is 19.3. The van der Waals surface area contributed by atoms with E-state index in [9.17, 15) is 0 Å². The van der Waals surface area contributed by atoms with Crippen LogP contribution in [0.5, 0.6) is 11.5 Å². The molecule has 10 heteroatoms. The average Bonchev–Trinajstić information content (AvgIpc) is 3.42. The molecule has 5 heterocycles. The van der Waals surface area contributed by atoms with E-state index in [4.69, 9.17) is 14.2 Å². The van der Waals surface area contributed by atoms with Gasteiger partial charge in [-0.05, 0) is 44.7 Å². The van der Waals surface area contributed by atoms with E-state index in [0.717, 1.165) is 38.9 Å². The minimum absolute atomic E-state index is 0.0670. The highest BCUT2D eigenvalue weighted by molar-refractivity contribution is 5.94. The second kappa shape index (κ2) is 11.4. The van der Waals surface area contributed by atoms with Crippen LogP contribution in [0.3, 0.4) is 0 Å². The number of nitrogens with zero attached hydrogens (tertiary/aromatic N) is 3. The molecule has 8 bridgehead atoms. The summed E-state index contributed by atoms with van der Waals surface area (Å²) in [6.45, 7) is 5.90. The number of benzene rings is 2. The van der Waals surface area contributed by atoms with Gasteiger partial charge < -0.3 is 24.4 Å². The first-order chi connectivity index (χ1) is 19.4. The van der Waals surface area contributed by atoms with Crippen LogP contribution in [-0.4, -0.2) is 60.4 Å². The standard InChI is InChI=1S/C30H35F3N4O3/c1-19-23-5-4-6-25(27(23)31)30(32,33)9-7-20-15-37(16-20)10-2-3-11-39-26-14-22(40-21-8-12-38-17-21)13-24-28(26)34-18-35-29(24)36-19/h4-6,13-14,18-21H,2-3,7-12,15-17H2,1H3,(H,34,35,36)/t19-,21?/m1/s1. The second-order valence-corrected chi connectivity index (χ2v) is 11.1. The van der Waals surface area contributed by atoms with E-state index in [-0.39, 0.29) is 24.0 Å². The lowest BCUT2D eigenvalue weighted by Gasteiger charge is -2.40. The van der Waals surface area contributed by atoms with Crippen molar-refractivity contribution in [3.05, 3.63) is 53.6 Å². The van der Waals surface area contributed by atoms with Crippen LogP contribution >= 0.6 is 0 Å². The molecule has 0 aliphatic carbocycles. The molecule has 1 aromatic heterocycles. The number of nitrogens with one attached hydrogen (secondary N) is 1. The van der Waals surface area contributed by atoms with Crippen molar-refractivity contribution >= 4 is 16.7 Å². The summed E-state index contributed by atoms with van der Waals surface area (Å²) in [5.74, 6) is -2.30. The van der Waals surface area contributed by atoms with Crippen molar-refractivity contribution in [1.29, 1.82) is 0 Å². The maximum absolute atomic E-state index is 15.6. The Kier molecular flexibility index (Phi) is 7.72. The van der Waals surface area contributed by atoms with Crippen LogP contribution in [0.1, 0.15) is 56.2 Å². The minimum Gasteiger partial charge on any atom is -0.491 e. The molecule has 214 valence electrons. The molecule has 1 N–H and O–H groups in total. The molecule has 2 saturated heterocycles. The fraction of sp³-hybridized carbons (Fsp3) is 0.533. The van der Waals surface area contributed by atoms with Crippen LogP contribution in [0.25, 0.3) is 10.9 Å². The Hall–Kier alpha value is -3.11. The SMILES string of the molecule is C[C@H]1Nc2ncnc3c(cc(OC4CCOC4)cc23)OCCCCN2CC(CCC(F)(F)c3cccc1c3F)C2. The van der Waals surface area contributed by atoms with E-state index in [2.05, 4.69) is 20.2 Å². The molecular weight excluding hydrogens is 521 g/mol. The van der Waals surface area contributed by atoms with Gasteiger partial charge in [0.05, 0.1) is 36.8 Å². The first-order valence-corrected chi connectivity index (χ1v) is 14.2.